The standard InChI is InChI=1S/C16H21N3O/c1-11-5-4-6-14(9-11)16-18-17-15(20-16)10-19(3)12(2)13-7-8-13/h4-6,9,12-13H,7-8,10H2,1-3H3. The van der Waals surface area contributed by atoms with Crippen molar-refractivity contribution in [3.05, 3.63) is 35.7 Å². The molecule has 1 atom stereocenters. The number of aryl methyl sites for hydroxylation is 1. The molecule has 4 nitrogen and oxygen atoms in total. The first-order valence-electron chi connectivity index (χ1n) is 7.23. The van der Waals surface area contributed by atoms with Crippen LogP contribution in [0.1, 0.15) is 31.2 Å². The average Bonchev–Trinajstić information content (AvgIpc) is 3.18. The van der Waals surface area contributed by atoms with Crippen LogP contribution < -0.4 is 0 Å². The molecule has 0 spiro atoms. The highest BCUT2D eigenvalue weighted by molar-refractivity contribution is 5.53. The summed E-state index contributed by atoms with van der Waals surface area (Å²) < 4.78 is 5.78. The Morgan fingerprint density at radius 2 is 2.15 bits per heavy atom. The molecule has 1 heterocycles. The van der Waals surface area contributed by atoms with Gasteiger partial charge in [0.25, 0.3) is 0 Å². The zero-order chi connectivity index (χ0) is 14.1. The van der Waals surface area contributed by atoms with E-state index < -0.39 is 0 Å². The Kier molecular flexibility index (Phi) is 3.57. The number of aromatic nitrogens is 2. The fraction of sp³-hybridized carbons (Fsp3) is 0.500. The predicted molar refractivity (Wildman–Crippen MR) is 78.1 cm³/mol. The zero-order valence-electron chi connectivity index (χ0n) is 12.3. The second-order valence-corrected chi connectivity index (χ2v) is 5.86. The summed E-state index contributed by atoms with van der Waals surface area (Å²) >= 11 is 0. The Hall–Kier alpha value is -1.68. The van der Waals surface area contributed by atoms with E-state index in [-0.39, 0.29) is 0 Å². The molecule has 1 saturated carbocycles. The Balaban J connectivity index is 1.70. The lowest BCUT2D eigenvalue weighted by Gasteiger charge is -2.22. The first kappa shape index (κ1) is 13.3. The van der Waals surface area contributed by atoms with Crippen LogP contribution in [0.5, 0.6) is 0 Å². The maximum atomic E-state index is 5.78. The molecule has 0 saturated heterocycles. The van der Waals surface area contributed by atoms with Crippen LogP contribution in [-0.2, 0) is 6.54 Å². The molecule has 0 aliphatic heterocycles. The Morgan fingerprint density at radius 3 is 2.85 bits per heavy atom. The topological polar surface area (TPSA) is 42.2 Å². The van der Waals surface area contributed by atoms with Gasteiger partial charge in [-0.15, -0.1) is 10.2 Å². The highest BCUT2D eigenvalue weighted by Crippen LogP contribution is 2.35. The van der Waals surface area contributed by atoms with Gasteiger partial charge in [0.2, 0.25) is 11.8 Å². The summed E-state index contributed by atoms with van der Waals surface area (Å²) in [5, 5.41) is 8.32. The minimum absolute atomic E-state index is 0.587. The third-order valence-electron chi connectivity index (χ3n) is 4.12. The SMILES string of the molecule is Cc1cccc(-c2nnc(CN(C)C(C)C3CC3)o2)c1. The molecule has 2 aromatic rings. The predicted octanol–water partition coefficient (Wildman–Crippen LogP) is 3.28. The average molecular weight is 271 g/mol. The first-order chi connectivity index (χ1) is 9.63. The van der Waals surface area contributed by atoms with E-state index in [4.69, 9.17) is 4.42 Å². The molecular weight excluding hydrogens is 250 g/mol. The molecule has 106 valence electrons. The normalized spacial score (nSPS) is 16.6. The van der Waals surface area contributed by atoms with Crippen molar-refractivity contribution in [2.45, 2.75) is 39.3 Å². The van der Waals surface area contributed by atoms with E-state index >= 15 is 0 Å². The fourth-order valence-electron chi connectivity index (χ4n) is 2.51. The van der Waals surface area contributed by atoms with Crippen molar-refractivity contribution in [3.63, 3.8) is 0 Å². The third kappa shape index (κ3) is 2.90. The van der Waals surface area contributed by atoms with Crippen LogP contribution in [0.15, 0.2) is 28.7 Å². The summed E-state index contributed by atoms with van der Waals surface area (Å²) in [4.78, 5) is 2.30. The molecule has 1 aliphatic carbocycles. The van der Waals surface area contributed by atoms with E-state index in [0.717, 1.165) is 18.0 Å². The van der Waals surface area contributed by atoms with Crippen LogP contribution in [0.3, 0.4) is 0 Å². The van der Waals surface area contributed by atoms with Crippen molar-refractivity contribution in [1.29, 1.82) is 0 Å². The van der Waals surface area contributed by atoms with Crippen LogP contribution >= 0.6 is 0 Å². The van der Waals surface area contributed by atoms with Crippen LogP contribution in [0, 0.1) is 12.8 Å². The molecule has 0 amide bonds. The van der Waals surface area contributed by atoms with Gasteiger partial charge >= 0.3 is 0 Å². The number of rotatable bonds is 5. The molecule has 20 heavy (non-hydrogen) atoms. The van der Waals surface area contributed by atoms with Crippen LogP contribution in [-0.4, -0.2) is 28.2 Å². The minimum atomic E-state index is 0.587. The molecule has 0 N–H and O–H groups in total. The fourth-order valence-corrected chi connectivity index (χ4v) is 2.51. The quantitative estimate of drug-likeness (QED) is 0.837. The Labute approximate surface area is 119 Å². The van der Waals surface area contributed by atoms with E-state index in [9.17, 15) is 0 Å². The minimum Gasteiger partial charge on any atom is -0.419 e. The lowest BCUT2D eigenvalue weighted by atomic mass is 10.1. The van der Waals surface area contributed by atoms with E-state index in [1.165, 1.54) is 18.4 Å². The van der Waals surface area contributed by atoms with Gasteiger partial charge in [0.05, 0.1) is 6.54 Å². The van der Waals surface area contributed by atoms with Gasteiger partial charge in [0.15, 0.2) is 0 Å². The van der Waals surface area contributed by atoms with Gasteiger partial charge in [-0.25, -0.2) is 0 Å². The maximum absolute atomic E-state index is 5.78. The van der Waals surface area contributed by atoms with Gasteiger partial charge in [-0.05, 0) is 51.8 Å². The summed E-state index contributed by atoms with van der Waals surface area (Å²) in [6.45, 7) is 5.05. The monoisotopic (exact) mass is 271 g/mol. The Morgan fingerprint density at radius 1 is 1.35 bits per heavy atom. The molecule has 1 fully saturated rings. The van der Waals surface area contributed by atoms with Crippen molar-refractivity contribution in [2.24, 2.45) is 5.92 Å². The van der Waals surface area contributed by atoms with E-state index in [2.05, 4.69) is 48.1 Å². The first-order valence-corrected chi connectivity index (χ1v) is 7.23. The molecule has 0 radical (unpaired) electrons. The molecular formula is C16H21N3O. The van der Waals surface area contributed by atoms with E-state index in [1.54, 1.807) is 0 Å². The van der Waals surface area contributed by atoms with Crippen LogP contribution in [0.25, 0.3) is 11.5 Å². The molecule has 1 aromatic heterocycles. The number of hydrogen-bond donors (Lipinski definition) is 0. The second-order valence-electron chi connectivity index (χ2n) is 5.86. The third-order valence-corrected chi connectivity index (χ3v) is 4.12. The lowest BCUT2D eigenvalue weighted by Crippen LogP contribution is -2.30. The van der Waals surface area contributed by atoms with Gasteiger partial charge in [-0.1, -0.05) is 17.7 Å². The van der Waals surface area contributed by atoms with Crippen molar-refractivity contribution in [2.75, 3.05) is 7.05 Å². The zero-order valence-corrected chi connectivity index (χ0v) is 12.3. The summed E-state index contributed by atoms with van der Waals surface area (Å²) in [6.07, 6.45) is 2.70. The summed E-state index contributed by atoms with van der Waals surface area (Å²) in [6, 6.07) is 8.72. The second kappa shape index (κ2) is 5.37. The van der Waals surface area contributed by atoms with Gasteiger partial charge < -0.3 is 4.42 Å². The van der Waals surface area contributed by atoms with Crippen molar-refractivity contribution >= 4 is 0 Å². The van der Waals surface area contributed by atoms with Crippen molar-refractivity contribution < 1.29 is 4.42 Å². The molecule has 3 rings (SSSR count). The number of nitrogens with zero attached hydrogens (tertiary/aromatic N) is 3. The highest BCUT2D eigenvalue weighted by Gasteiger charge is 2.30. The van der Waals surface area contributed by atoms with Gasteiger partial charge in [-0.2, -0.15) is 0 Å². The van der Waals surface area contributed by atoms with Crippen molar-refractivity contribution in [1.82, 2.24) is 15.1 Å². The molecule has 1 unspecified atom stereocenters. The largest absolute Gasteiger partial charge is 0.419 e. The van der Waals surface area contributed by atoms with E-state index in [1.807, 2.05) is 12.1 Å². The van der Waals surface area contributed by atoms with Gasteiger partial charge in [0, 0.05) is 11.6 Å². The smallest absolute Gasteiger partial charge is 0.247 e. The van der Waals surface area contributed by atoms with E-state index in [0.29, 0.717) is 17.8 Å². The van der Waals surface area contributed by atoms with Crippen LogP contribution in [0.4, 0.5) is 0 Å². The number of hydrogen-bond acceptors (Lipinski definition) is 4. The van der Waals surface area contributed by atoms with Gasteiger partial charge in [-0.3, -0.25) is 4.90 Å². The maximum Gasteiger partial charge on any atom is 0.247 e. The summed E-state index contributed by atoms with van der Waals surface area (Å²) in [5.41, 5.74) is 2.18. The molecule has 1 aromatic carbocycles. The molecule has 0 bridgehead atoms. The Bertz CT molecular complexity index is 589. The molecule has 4 heteroatoms. The summed E-state index contributed by atoms with van der Waals surface area (Å²) in [5.74, 6) is 2.15. The lowest BCUT2D eigenvalue weighted by molar-refractivity contribution is 0.206. The van der Waals surface area contributed by atoms with Gasteiger partial charge in [0.1, 0.15) is 0 Å². The highest BCUT2D eigenvalue weighted by atomic mass is 16.4. The van der Waals surface area contributed by atoms with Crippen LogP contribution in [0.2, 0.25) is 0 Å². The molecule has 1 aliphatic rings. The number of benzene rings is 1. The summed E-state index contributed by atoms with van der Waals surface area (Å²) in [7, 11) is 2.12. The van der Waals surface area contributed by atoms with Crippen molar-refractivity contribution in [3.8, 4) is 11.5 Å².